The molecule has 28 nitrogen and oxygen atoms in total. The van der Waals surface area contributed by atoms with Crippen LogP contribution in [0, 0.1) is 0 Å². The van der Waals surface area contributed by atoms with Crippen LogP contribution in [0.5, 0.6) is 0 Å². The van der Waals surface area contributed by atoms with Gasteiger partial charge in [-0.15, -0.1) is 0 Å². The fraction of sp³-hybridized carbons (Fsp3) is 0.509. The molecule has 450 valence electrons. The molecular formula is C53H82N18O10S. The number of rotatable bonds is 39. The zero-order valence-electron chi connectivity index (χ0n) is 46.5. The van der Waals surface area contributed by atoms with Crippen molar-refractivity contribution in [3.8, 4) is 0 Å². The van der Waals surface area contributed by atoms with Gasteiger partial charge in [0.25, 0.3) is 0 Å². The number of likely N-dealkylation sites (N-methyl/N-ethyl adjacent to an activating group) is 1. The highest BCUT2D eigenvalue weighted by Crippen LogP contribution is 2.19. The number of thioether (sulfide) groups is 1. The Morgan fingerprint density at radius 3 is 1.51 bits per heavy atom. The summed E-state index contributed by atoms with van der Waals surface area (Å²) in [5.74, 6) is -8.36. The molecule has 29 heteroatoms. The zero-order valence-corrected chi connectivity index (χ0v) is 47.3. The topological polar surface area (TPSA) is 490 Å². The number of aromatic amines is 1. The number of H-pyrrole nitrogens is 1. The predicted molar refractivity (Wildman–Crippen MR) is 312 cm³/mol. The van der Waals surface area contributed by atoms with Crippen LogP contribution in [-0.4, -0.2) is 157 Å². The van der Waals surface area contributed by atoms with Crippen molar-refractivity contribution in [2.75, 3.05) is 38.7 Å². The van der Waals surface area contributed by atoms with E-state index in [1.807, 2.05) is 24.3 Å². The fourth-order valence-electron chi connectivity index (χ4n) is 8.50. The summed E-state index contributed by atoms with van der Waals surface area (Å²) in [5.41, 5.74) is 41.3. The number of hydrogen-bond donors (Lipinski definition) is 16. The molecule has 0 aliphatic heterocycles. The molecule has 82 heavy (non-hydrogen) atoms. The van der Waals surface area contributed by atoms with Crippen LogP contribution in [-0.2, 0) is 60.8 Å². The van der Waals surface area contributed by atoms with E-state index in [4.69, 9.17) is 40.1 Å². The number of carbonyl (C=O) groups is 10. The lowest BCUT2D eigenvalue weighted by molar-refractivity contribution is -0.136. The van der Waals surface area contributed by atoms with Gasteiger partial charge in [-0.2, -0.15) is 11.8 Å². The van der Waals surface area contributed by atoms with E-state index in [0.29, 0.717) is 37.1 Å². The molecule has 2 aromatic carbocycles. The number of amides is 10. The quantitative estimate of drug-likeness (QED) is 0.0151. The summed E-state index contributed by atoms with van der Waals surface area (Å²) in [4.78, 5) is 147. The lowest BCUT2D eigenvalue weighted by atomic mass is 10.0. The van der Waals surface area contributed by atoms with Crippen LogP contribution in [0.3, 0.4) is 0 Å². The number of unbranched alkanes of at least 4 members (excludes halogenated alkanes) is 1. The number of nitrogens with zero attached hydrogens (tertiary/aromatic N) is 2. The monoisotopic (exact) mass is 1160 g/mol. The summed E-state index contributed by atoms with van der Waals surface area (Å²) in [6, 6.07) is 6.62. The van der Waals surface area contributed by atoms with Gasteiger partial charge in [-0.3, -0.25) is 57.9 Å². The maximum Gasteiger partial charge on any atom is 0.243 e. The van der Waals surface area contributed by atoms with Crippen LogP contribution in [0.1, 0.15) is 88.2 Å². The molecule has 1 heterocycles. The largest absolute Gasteiger partial charge is 0.370 e. The number of fused-ring (bicyclic) bond motifs is 1. The number of primary amides is 2. The predicted octanol–water partition coefficient (Wildman–Crippen LogP) is -3.39. The molecule has 3 aromatic rings. The van der Waals surface area contributed by atoms with Gasteiger partial charge >= 0.3 is 0 Å². The maximum absolute atomic E-state index is 14.4. The number of aromatic nitrogens is 1. The Bertz CT molecular complexity index is 2660. The molecule has 0 saturated carbocycles. The van der Waals surface area contributed by atoms with Crippen molar-refractivity contribution < 1.29 is 47.9 Å². The first kappa shape index (κ1) is 67.8. The Kier molecular flexibility index (Phi) is 30.4. The first-order valence-corrected chi connectivity index (χ1v) is 28.3. The van der Waals surface area contributed by atoms with Crippen molar-refractivity contribution in [2.45, 2.75) is 132 Å². The van der Waals surface area contributed by atoms with E-state index in [1.165, 1.54) is 18.8 Å². The van der Waals surface area contributed by atoms with E-state index in [9.17, 15) is 47.9 Å². The SMILES string of the molecule is CNC(=O)[C@H](CCCCN)NC(=O)[C@H](CCSC)NC(=O)[C@H](CCCN=C(N)N)NC(=O)[C@H](CCCN=C(N)N)NC(=O)[C@H](CC(N)=O)NC(=O)[C@H](CCC(N)=O)NC(=O)[C@H](Cc1ccccc1)NC(=O)CCc1c[nH]c2ccccc12. The third kappa shape index (κ3) is 25.3. The molecule has 0 aliphatic carbocycles. The molecule has 0 spiro atoms. The standard InChI is InChI=1S/C53H82N18O10S/c1-61-45(75)35(16-8-9-24-54)66-49(79)39(23-27-82-2)70-47(77)36(17-10-25-62-52(57)58)67-46(76)37(18-11-26-63-53(59)60)68-51(81)41(29-43(56)73)71-48(78)38(20-21-42(55)72)69-50(80)40(28-31-12-4-3-5-13-31)65-44(74)22-19-32-30-64-34-15-7-6-14-33(32)34/h3-7,12-15,30,35-41,64H,8-11,16-29,54H2,1-2H3,(H2,55,72)(H2,56,73)(H,61,75)(H,65,74)(H,66,79)(H,67,76)(H,68,81)(H,69,80)(H,70,77)(H,71,78)(H4,57,58,62)(H4,59,60,63)/t35-,36-,37-,38-,39-,40-,41-/m0/s1. The van der Waals surface area contributed by atoms with Gasteiger partial charge in [-0.05, 0) is 100.0 Å². The smallest absolute Gasteiger partial charge is 0.243 e. The summed E-state index contributed by atoms with van der Waals surface area (Å²) in [5, 5.41) is 21.8. The first-order valence-electron chi connectivity index (χ1n) is 26.9. The molecule has 0 aliphatic rings. The lowest BCUT2D eigenvalue weighted by Crippen LogP contribution is -2.60. The van der Waals surface area contributed by atoms with Crippen LogP contribution in [0.15, 0.2) is 70.8 Å². The minimum absolute atomic E-state index is 0.00751. The molecule has 0 saturated heterocycles. The summed E-state index contributed by atoms with van der Waals surface area (Å²) in [6.45, 7) is 0.371. The zero-order chi connectivity index (χ0) is 60.6. The van der Waals surface area contributed by atoms with Gasteiger partial charge in [0, 0.05) is 56.5 Å². The minimum atomic E-state index is -1.81. The Balaban J connectivity index is 1.93. The third-order valence-electron chi connectivity index (χ3n) is 12.8. The summed E-state index contributed by atoms with van der Waals surface area (Å²) < 4.78 is 0. The lowest BCUT2D eigenvalue weighted by Gasteiger charge is -2.28. The molecule has 10 amide bonds. The Labute approximate surface area is 480 Å². The molecular weight excluding hydrogens is 1080 g/mol. The van der Waals surface area contributed by atoms with Crippen LogP contribution in [0.25, 0.3) is 10.9 Å². The summed E-state index contributed by atoms with van der Waals surface area (Å²) >= 11 is 1.40. The highest BCUT2D eigenvalue weighted by Gasteiger charge is 2.35. The summed E-state index contributed by atoms with van der Waals surface area (Å²) in [7, 11) is 1.42. The van der Waals surface area contributed by atoms with Crippen molar-refractivity contribution in [3.63, 3.8) is 0 Å². The Morgan fingerprint density at radius 2 is 1.00 bits per heavy atom. The van der Waals surface area contributed by atoms with Crippen LogP contribution < -0.4 is 82.7 Å². The number of para-hydroxylation sites is 1. The van der Waals surface area contributed by atoms with Gasteiger partial charge < -0.3 is 87.7 Å². The van der Waals surface area contributed by atoms with Crippen molar-refractivity contribution in [1.29, 1.82) is 0 Å². The number of nitrogens with one attached hydrogen (secondary N) is 9. The average Bonchev–Trinajstić information content (AvgIpc) is 3.86. The highest BCUT2D eigenvalue weighted by molar-refractivity contribution is 7.98. The molecule has 3 rings (SSSR count). The third-order valence-corrected chi connectivity index (χ3v) is 13.5. The second-order valence-electron chi connectivity index (χ2n) is 19.3. The number of nitrogens with two attached hydrogens (primary N) is 7. The van der Waals surface area contributed by atoms with Crippen molar-refractivity contribution in [1.82, 2.24) is 47.5 Å². The van der Waals surface area contributed by atoms with Gasteiger partial charge in [0.15, 0.2) is 11.9 Å². The Hall–Kier alpha value is -8.47. The van der Waals surface area contributed by atoms with E-state index in [2.05, 4.69) is 57.5 Å². The molecule has 0 fully saturated rings. The van der Waals surface area contributed by atoms with Crippen molar-refractivity contribution >= 4 is 93.7 Å². The molecule has 1 aromatic heterocycles. The van der Waals surface area contributed by atoms with Crippen LogP contribution >= 0.6 is 11.8 Å². The van der Waals surface area contributed by atoms with E-state index in [1.54, 1.807) is 42.8 Å². The van der Waals surface area contributed by atoms with E-state index >= 15 is 0 Å². The minimum Gasteiger partial charge on any atom is -0.370 e. The van der Waals surface area contributed by atoms with Gasteiger partial charge in [0.1, 0.15) is 42.3 Å². The molecule has 23 N–H and O–H groups in total. The van der Waals surface area contributed by atoms with E-state index in [0.717, 1.165) is 16.5 Å². The van der Waals surface area contributed by atoms with Gasteiger partial charge in [0.05, 0.1) is 6.42 Å². The second-order valence-corrected chi connectivity index (χ2v) is 20.3. The highest BCUT2D eigenvalue weighted by atomic mass is 32.2. The first-order chi connectivity index (χ1) is 39.1. The van der Waals surface area contributed by atoms with Crippen molar-refractivity contribution in [3.05, 3.63) is 71.9 Å². The average molecular weight is 1160 g/mol. The molecule has 0 radical (unpaired) electrons. The van der Waals surface area contributed by atoms with Gasteiger partial charge in [0.2, 0.25) is 59.1 Å². The number of guanidine groups is 2. The van der Waals surface area contributed by atoms with E-state index in [-0.39, 0.29) is 76.4 Å². The molecule has 7 atom stereocenters. The number of aliphatic imine (C=N–C) groups is 2. The normalized spacial score (nSPS) is 13.5. The maximum atomic E-state index is 14.4. The number of aryl methyl sites for hydroxylation is 1. The Morgan fingerprint density at radius 1 is 0.524 bits per heavy atom. The van der Waals surface area contributed by atoms with Crippen LogP contribution in [0.2, 0.25) is 0 Å². The van der Waals surface area contributed by atoms with Gasteiger partial charge in [-0.25, -0.2) is 0 Å². The number of carbonyl (C=O) groups excluding carboxylic acids is 10. The molecule has 0 bridgehead atoms. The number of benzene rings is 2. The van der Waals surface area contributed by atoms with E-state index < -0.39 is 121 Å². The number of hydrogen-bond acceptors (Lipinski definition) is 14. The van der Waals surface area contributed by atoms with Crippen LogP contribution in [0.4, 0.5) is 0 Å². The fourth-order valence-corrected chi connectivity index (χ4v) is 8.97. The van der Waals surface area contributed by atoms with Crippen molar-refractivity contribution in [2.24, 2.45) is 50.1 Å². The van der Waals surface area contributed by atoms with Gasteiger partial charge in [-0.1, -0.05) is 48.5 Å². The summed E-state index contributed by atoms with van der Waals surface area (Å²) in [6.07, 6.45) is 3.67. The second kappa shape index (κ2) is 36.7. The molecule has 0 unspecified atom stereocenters.